The highest BCUT2D eigenvalue weighted by atomic mass is 16.5. The number of carbonyl (C=O) groups is 1. The van der Waals surface area contributed by atoms with Gasteiger partial charge in [-0.3, -0.25) is 4.79 Å². The van der Waals surface area contributed by atoms with Crippen molar-refractivity contribution in [1.29, 1.82) is 0 Å². The number of carbonyl (C=O) groups excluding carboxylic acids is 1. The predicted octanol–water partition coefficient (Wildman–Crippen LogP) is 5.20. The van der Waals surface area contributed by atoms with Crippen molar-refractivity contribution in [1.82, 2.24) is 0 Å². The average molecular weight is 390 g/mol. The molecule has 5 heteroatoms. The first-order valence-corrected chi connectivity index (χ1v) is 9.35. The Labute approximate surface area is 168 Å². The maximum absolute atomic E-state index is 12.5. The summed E-state index contributed by atoms with van der Waals surface area (Å²) in [5, 5.41) is 3.14. The molecule has 5 nitrogen and oxygen atoms in total. The fraction of sp³-hybridized carbons (Fsp3) is 0.208. The topological polar surface area (TPSA) is 57.9 Å². The molecule has 0 saturated heterocycles. The van der Waals surface area contributed by atoms with E-state index in [9.17, 15) is 4.79 Å². The van der Waals surface area contributed by atoms with Gasteiger partial charge in [-0.25, -0.2) is 0 Å². The van der Waals surface area contributed by atoms with Gasteiger partial charge in [0.2, 0.25) is 0 Å². The number of hydrogen-bond acceptors (Lipinski definition) is 5. The van der Waals surface area contributed by atoms with Crippen LogP contribution in [0.1, 0.15) is 16.7 Å². The van der Waals surface area contributed by atoms with Crippen molar-refractivity contribution < 1.29 is 23.4 Å². The Bertz CT molecular complexity index is 1190. The summed E-state index contributed by atoms with van der Waals surface area (Å²) >= 11 is 0. The highest BCUT2D eigenvalue weighted by molar-refractivity contribution is 6.08. The van der Waals surface area contributed by atoms with Crippen molar-refractivity contribution in [2.45, 2.75) is 20.0 Å². The summed E-state index contributed by atoms with van der Waals surface area (Å²) in [6.07, 6.45) is 1.79. The van der Waals surface area contributed by atoms with Gasteiger partial charge in [-0.05, 0) is 47.0 Å². The lowest BCUT2D eigenvalue weighted by molar-refractivity contribution is -0.144. The zero-order chi connectivity index (χ0) is 20.4. The van der Waals surface area contributed by atoms with Crippen molar-refractivity contribution in [2.75, 3.05) is 14.2 Å². The van der Waals surface area contributed by atoms with Crippen LogP contribution in [0.5, 0.6) is 11.5 Å². The molecule has 0 fully saturated rings. The molecular formula is C24H22O5. The number of benzene rings is 3. The van der Waals surface area contributed by atoms with Gasteiger partial charge in [-0.1, -0.05) is 30.3 Å². The van der Waals surface area contributed by atoms with E-state index < -0.39 is 0 Å². The summed E-state index contributed by atoms with van der Waals surface area (Å²) in [5.41, 5.74) is 3.43. The fourth-order valence-electron chi connectivity index (χ4n) is 3.55. The minimum Gasteiger partial charge on any atom is -0.493 e. The molecule has 0 atom stereocenters. The van der Waals surface area contributed by atoms with Gasteiger partial charge in [0.25, 0.3) is 0 Å². The number of rotatable bonds is 6. The summed E-state index contributed by atoms with van der Waals surface area (Å²) in [6.45, 7) is 2.11. The van der Waals surface area contributed by atoms with E-state index in [0.717, 1.165) is 38.4 Å². The number of ether oxygens (including phenoxy) is 3. The standard InChI is InChI=1S/C24H22O5/c1-15-10-21(26-2)22(27-3)11-17(15)13-29-23(25)12-18-14-28-20-9-8-16-6-4-5-7-19(16)24(18)20/h4-11,14H,12-13H2,1-3H3. The lowest BCUT2D eigenvalue weighted by Crippen LogP contribution is -2.08. The number of fused-ring (bicyclic) bond motifs is 3. The first kappa shape index (κ1) is 18.9. The average Bonchev–Trinajstić information content (AvgIpc) is 3.15. The van der Waals surface area contributed by atoms with Gasteiger partial charge in [-0.15, -0.1) is 0 Å². The maximum atomic E-state index is 12.5. The van der Waals surface area contributed by atoms with Gasteiger partial charge in [0, 0.05) is 10.9 Å². The third-order valence-electron chi connectivity index (χ3n) is 5.11. The molecule has 0 bridgehead atoms. The highest BCUT2D eigenvalue weighted by Crippen LogP contribution is 2.32. The molecule has 29 heavy (non-hydrogen) atoms. The Morgan fingerprint density at radius 1 is 0.966 bits per heavy atom. The largest absolute Gasteiger partial charge is 0.493 e. The molecule has 4 aromatic rings. The number of methoxy groups -OCH3 is 2. The number of esters is 1. The van der Waals surface area contributed by atoms with E-state index >= 15 is 0 Å². The van der Waals surface area contributed by atoms with Gasteiger partial charge in [0.1, 0.15) is 12.2 Å². The van der Waals surface area contributed by atoms with Gasteiger partial charge in [0.05, 0.1) is 26.9 Å². The zero-order valence-electron chi connectivity index (χ0n) is 16.7. The van der Waals surface area contributed by atoms with E-state index in [1.165, 1.54) is 0 Å². The second-order valence-electron chi connectivity index (χ2n) is 6.89. The van der Waals surface area contributed by atoms with E-state index in [0.29, 0.717) is 11.5 Å². The molecule has 0 saturated carbocycles. The minimum atomic E-state index is -0.310. The van der Waals surface area contributed by atoms with Gasteiger partial charge >= 0.3 is 5.97 Å². The van der Waals surface area contributed by atoms with Crippen LogP contribution in [0.3, 0.4) is 0 Å². The van der Waals surface area contributed by atoms with E-state index in [2.05, 4.69) is 0 Å². The first-order chi connectivity index (χ1) is 14.1. The zero-order valence-corrected chi connectivity index (χ0v) is 16.7. The summed E-state index contributed by atoms with van der Waals surface area (Å²) in [6, 6.07) is 15.7. The lowest BCUT2D eigenvalue weighted by Gasteiger charge is -2.13. The quantitative estimate of drug-likeness (QED) is 0.424. The number of furan rings is 1. The third kappa shape index (κ3) is 3.63. The number of hydrogen-bond donors (Lipinski definition) is 0. The number of aryl methyl sites for hydroxylation is 1. The fourth-order valence-corrected chi connectivity index (χ4v) is 3.55. The molecular weight excluding hydrogens is 368 g/mol. The van der Waals surface area contributed by atoms with E-state index in [1.807, 2.05) is 55.5 Å². The second kappa shape index (κ2) is 7.87. The molecule has 148 valence electrons. The molecule has 0 N–H and O–H groups in total. The van der Waals surface area contributed by atoms with Crippen LogP contribution in [0.2, 0.25) is 0 Å². The van der Waals surface area contributed by atoms with Crippen LogP contribution in [0, 0.1) is 6.92 Å². The summed E-state index contributed by atoms with van der Waals surface area (Å²) in [5.74, 6) is 0.947. The molecule has 0 unspecified atom stereocenters. The highest BCUT2D eigenvalue weighted by Gasteiger charge is 2.15. The molecule has 4 rings (SSSR count). The Balaban J connectivity index is 1.53. The van der Waals surface area contributed by atoms with Crippen molar-refractivity contribution in [3.63, 3.8) is 0 Å². The first-order valence-electron chi connectivity index (χ1n) is 9.35. The molecule has 0 aliphatic heterocycles. The molecule has 0 aliphatic carbocycles. The van der Waals surface area contributed by atoms with Gasteiger partial charge < -0.3 is 18.6 Å². The molecule has 0 radical (unpaired) electrons. The van der Waals surface area contributed by atoms with Crippen LogP contribution in [0.4, 0.5) is 0 Å². The van der Waals surface area contributed by atoms with Crippen molar-refractivity contribution in [3.05, 3.63) is 71.5 Å². The summed E-state index contributed by atoms with van der Waals surface area (Å²) < 4.78 is 21.8. The van der Waals surface area contributed by atoms with E-state index in [4.69, 9.17) is 18.6 Å². The summed E-state index contributed by atoms with van der Waals surface area (Å²) in [4.78, 5) is 12.5. The molecule has 0 spiro atoms. The monoisotopic (exact) mass is 390 g/mol. The Morgan fingerprint density at radius 2 is 1.72 bits per heavy atom. The molecule has 3 aromatic carbocycles. The second-order valence-corrected chi connectivity index (χ2v) is 6.89. The smallest absolute Gasteiger partial charge is 0.310 e. The SMILES string of the molecule is COc1cc(C)c(COC(=O)Cc2coc3ccc4ccccc4c23)cc1OC. The van der Waals surface area contributed by atoms with Crippen LogP contribution in [-0.4, -0.2) is 20.2 Å². The van der Waals surface area contributed by atoms with E-state index in [1.54, 1.807) is 20.5 Å². The van der Waals surface area contributed by atoms with Crippen molar-refractivity contribution in [2.24, 2.45) is 0 Å². The normalized spacial score (nSPS) is 11.0. The Morgan fingerprint density at radius 3 is 2.52 bits per heavy atom. The van der Waals surface area contributed by atoms with Gasteiger partial charge in [-0.2, -0.15) is 0 Å². The van der Waals surface area contributed by atoms with Crippen LogP contribution in [-0.2, 0) is 22.6 Å². The van der Waals surface area contributed by atoms with Crippen LogP contribution >= 0.6 is 0 Å². The van der Waals surface area contributed by atoms with Crippen LogP contribution < -0.4 is 9.47 Å². The van der Waals surface area contributed by atoms with Crippen LogP contribution in [0.25, 0.3) is 21.7 Å². The van der Waals surface area contributed by atoms with Gasteiger partial charge in [0.15, 0.2) is 11.5 Å². The van der Waals surface area contributed by atoms with Crippen molar-refractivity contribution in [3.8, 4) is 11.5 Å². The molecule has 1 aromatic heterocycles. The lowest BCUT2D eigenvalue weighted by atomic mass is 10.0. The van der Waals surface area contributed by atoms with E-state index in [-0.39, 0.29) is 19.0 Å². The molecule has 0 amide bonds. The van der Waals surface area contributed by atoms with Crippen molar-refractivity contribution >= 4 is 27.7 Å². The minimum absolute atomic E-state index is 0.146. The molecule has 1 heterocycles. The summed E-state index contributed by atoms with van der Waals surface area (Å²) in [7, 11) is 3.17. The third-order valence-corrected chi connectivity index (χ3v) is 5.11. The van der Waals surface area contributed by atoms with Crippen LogP contribution in [0.15, 0.2) is 59.2 Å². The Hall–Kier alpha value is -3.47. The Kier molecular flexibility index (Phi) is 5.12. The predicted molar refractivity (Wildman–Crippen MR) is 112 cm³/mol. The molecule has 0 aliphatic rings. The maximum Gasteiger partial charge on any atom is 0.310 e.